The lowest BCUT2D eigenvalue weighted by Crippen LogP contribution is -2.22. The molecular weight excluding hydrogens is 483 g/mol. The Morgan fingerprint density at radius 2 is 2.03 bits per heavy atom. The van der Waals surface area contributed by atoms with E-state index in [0.29, 0.717) is 16.7 Å². The Bertz CT molecular complexity index is 1600. The van der Waals surface area contributed by atoms with E-state index in [4.69, 9.17) is 31.2 Å². The van der Waals surface area contributed by atoms with Crippen molar-refractivity contribution in [1.29, 1.82) is 5.26 Å². The minimum absolute atomic E-state index is 0.0311. The van der Waals surface area contributed by atoms with Gasteiger partial charge >= 0.3 is 5.97 Å². The average Bonchev–Trinajstić information content (AvgIpc) is 3.19. The zero-order valence-electron chi connectivity index (χ0n) is 19.4. The molecule has 1 aliphatic rings. The summed E-state index contributed by atoms with van der Waals surface area (Å²) in [5, 5.41) is 10.7. The van der Waals surface area contributed by atoms with E-state index >= 15 is 0 Å². The summed E-state index contributed by atoms with van der Waals surface area (Å²) in [6, 6.07) is 16.6. The molecule has 1 atom stereocenters. The molecule has 0 amide bonds. The number of nitrogens with zero attached hydrogens (tertiary/aromatic N) is 1. The van der Waals surface area contributed by atoms with Gasteiger partial charge in [-0.05, 0) is 49.2 Å². The van der Waals surface area contributed by atoms with Crippen LogP contribution in [0.4, 0.5) is 4.39 Å². The van der Waals surface area contributed by atoms with E-state index in [1.165, 1.54) is 30.3 Å². The van der Waals surface area contributed by atoms with Gasteiger partial charge < -0.3 is 19.6 Å². The number of allylic oxidation sites excluding steroid dienone is 1. The molecule has 4 aromatic rings. The molecule has 3 aromatic carbocycles. The van der Waals surface area contributed by atoms with Crippen molar-refractivity contribution in [2.75, 3.05) is 0 Å². The van der Waals surface area contributed by atoms with Crippen LogP contribution in [0, 0.1) is 24.1 Å². The van der Waals surface area contributed by atoms with Gasteiger partial charge in [0.05, 0.1) is 5.92 Å². The van der Waals surface area contributed by atoms with E-state index in [-0.39, 0.29) is 39.3 Å². The van der Waals surface area contributed by atoms with Crippen LogP contribution in [-0.2, 0) is 6.42 Å². The van der Waals surface area contributed by atoms with Crippen LogP contribution in [0.2, 0.25) is 5.02 Å². The van der Waals surface area contributed by atoms with E-state index in [2.05, 4.69) is 6.92 Å². The van der Waals surface area contributed by atoms with Crippen LogP contribution in [0.25, 0.3) is 11.0 Å². The summed E-state index contributed by atoms with van der Waals surface area (Å²) in [7, 11) is 0. The Labute approximate surface area is 211 Å². The van der Waals surface area contributed by atoms with Crippen molar-refractivity contribution in [3.63, 3.8) is 0 Å². The molecule has 0 saturated heterocycles. The Kier molecular flexibility index (Phi) is 5.91. The molecule has 0 aliphatic carbocycles. The maximum Gasteiger partial charge on any atom is 0.379 e. The number of hydrogen-bond donors (Lipinski definition) is 1. The smallest absolute Gasteiger partial charge is 0.379 e. The second-order valence-electron chi connectivity index (χ2n) is 8.39. The normalized spacial score (nSPS) is 14.8. The maximum absolute atomic E-state index is 14.8. The van der Waals surface area contributed by atoms with Gasteiger partial charge in [0.25, 0.3) is 0 Å². The Hall–Kier alpha value is -4.28. The van der Waals surface area contributed by atoms with E-state index in [9.17, 15) is 14.4 Å². The number of esters is 1. The monoisotopic (exact) mass is 502 g/mol. The number of nitrogens with two attached hydrogens (primary N) is 1. The number of aryl methyl sites for hydroxylation is 2. The Morgan fingerprint density at radius 3 is 2.75 bits per heavy atom. The van der Waals surface area contributed by atoms with Crippen molar-refractivity contribution in [2.24, 2.45) is 5.73 Å². The van der Waals surface area contributed by atoms with Crippen molar-refractivity contribution in [2.45, 2.75) is 26.2 Å². The van der Waals surface area contributed by atoms with E-state index in [1.807, 2.05) is 24.3 Å². The molecule has 5 rings (SSSR count). The van der Waals surface area contributed by atoms with Gasteiger partial charge in [-0.25, -0.2) is 9.18 Å². The van der Waals surface area contributed by atoms with Crippen molar-refractivity contribution in [1.82, 2.24) is 0 Å². The molecule has 1 aliphatic heterocycles. The number of carbonyl (C=O) groups excluding carboxylic acids is 1. The van der Waals surface area contributed by atoms with Crippen LogP contribution >= 0.6 is 11.6 Å². The zero-order chi connectivity index (χ0) is 25.6. The zero-order valence-corrected chi connectivity index (χ0v) is 20.2. The first-order valence-electron chi connectivity index (χ1n) is 11.2. The second kappa shape index (κ2) is 9.06. The third-order valence-electron chi connectivity index (χ3n) is 6.28. The standard InChI is InChI=1S/C28H20ClFN2O4/c1-3-15-7-10-22-18(11-15)14(2)26(35-22)28(33)34-16-8-9-17-23(12-16)36-27(32)19(13-31)24(17)25-20(29)5-4-6-21(25)30/h4-12,24H,3,32H2,1-2H3. The van der Waals surface area contributed by atoms with Crippen LogP contribution in [0.3, 0.4) is 0 Å². The number of fused-ring (bicyclic) bond motifs is 2. The molecule has 8 heteroatoms. The number of rotatable bonds is 4. The Balaban J connectivity index is 1.51. The van der Waals surface area contributed by atoms with Gasteiger partial charge in [0.15, 0.2) is 0 Å². The summed E-state index contributed by atoms with van der Waals surface area (Å²) >= 11 is 6.30. The maximum atomic E-state index is 14.8. The second-order valence-corrected chi connectivity index (χ2v) is 8.80. The van der Waals surface area contributed by atoms with Crippen molar-refractivity contribution in [3.05, 3.63) is 105 Å². The van der Waals surface area contributed by atoms with Crippen molar-refractivity contribution in [3.8, 4) is 17.6 Å². The average molecular weight is 503 g/mol. The highest BCUT2D eigenvalue weighted by Gasteiger charge is 2.34. The molecule has 0 radical (unpaired) electrons. The van der Waals surface area contributed by atoms with Crippen molar-refractivity contribution >= 4 is 28.5 Å². The van der Waals surface area contributed by atoms with Gasteiger partial charge in [0.1, 0.15) is 34.5 Å². The highest BCUT2D eigenvalue weighted by Crippen LogP contribution is 2.46. The molecule has 0 fully saturated rings. The molecule has 2 N–H and O–H groups in total. The first-order chi connectivity index (χ1) is 17.3. The molecule has 180 valence electrons. The van der Waals surface area contributed by atoms with Gasteiger partial charge in [-0.1, -0.05) is 36.7 Å². The third-order valence-corrected chi connectivity index (χ3v) is 6.61. The fourth-order valence-electron chi connectivity index (χ4n) is 4.42. The minimum atomic E-state index is -0.886. The van der Waals surface area contributed by atoms with E-state index in [1.54, 1.807) is 13.0 Å². The fourth-order valence-corrected chi connectivity index (χ4v) is 4.69. The predicted octanol–water partition coefficient (Wildman–Crippen LogP) is 6.53. The lowest BCUT2D eigenvalue weighted by molar-refractivity contribution is 0.0702. The molecular formula is C28H20ClFN2O4. The van der Waals surface area contributed by atoms with Crippen LogP contribution in [-0.4, -0.2) is 5.97 Å². The summed E-state index contributed by atoms with van der Waals surface area (Å²) < 4.78 is 31.8. The molecule has 1 aromatic heterocycles. The molecule has 2 heterocycles. The molecule has 36 heavy (non-hydrogen) atoms. The van der Waals surface area contributed by atoms with Gasteiger partial charge in [0, 0.05) is 33.2 Å². The number of benzene rings is 3. The topological polar surface area (TPSA) is 98.5 Å². The van der Waals surface area contributed by atoms with Gasteiger partial charge in [-0.2, -0.15) is 5.26 Å². The van der Waals surface area contributed by atoms with E-state index in [0.717, 1.165) is 17.4 Å². The SMILES string of the molecule is CCc1ccc2oc(C(=O)Oc3ccc4c(c3)OC(N)=C(C#N)C4c3c(F)cccc3Cl)c(C)c2c1. The van der Waals surface area contributed by atoms with Crippen molar-refractivity contribution < 1.29 is 23.1 Å². The van der Waals surface area contributed by atoms with Gasteiger partial charge in [-0.3, -0.25) is 0 Å². The highest BCUT2D eigenvalue weighted by atomic mass is 35.5. The summed E-state index contributed by atoms with van der Waals surface area (Å²) in [4.78, 5) is 13.0. The fraction of sp³-hybridized carbons (Fsp3) is 0.143. The number of furan rings is 1. The number of hydrogen-bond acceptors (Lipinski definition) is 6. The van der Waals surface area contributed by atoms with Gasteiger partial charge in [0.2, 0.25) is 11.6 Å². The minimum Gasteiger partial charge on any atom is -0.449 e. The molecule has 0 bridgehead atoms. The van der Waals surface area contributed by atoms with Crippen LogP contribution in [0.1, 0.15) is 45.7 Å². The highest BCUT2D eigenvalue weighted by molar-refractivity contribution is 6.31. The lowest BCUT2D eigenvalue weighted by Gasteiger charge is -2.27. The molecule has 0 spiro atoms. The molecule has 6 nitrogen and oxygen atoms in total. The lowest BCUT2D eigenvalue weighted by atomic mass is 9.83. The van der Waals surface area contributed by atoms with Crippen LogP contribution in [0.5, 0.6) is 11.5 Å². The molecule has 1 unspecified atom stereocenters. The summed E-state index contributed by atoms with van der Waals surface area (Å²) in [5.74, 6) is -1.84. The quantitative estimate of drug-likeness (QED) is 0.251. The van der Waals surface area contributed by atoms with Gasteiger partial charge in [-0.15, -0.1) is 0 Å². The third kappa shape index (κ3) is 3.86. The number of nitriles is 1. The first-order valence-corrected chi connectivity index (χ1v) is 11.6. The van der Waals surface area contributed by atoms with E-state index < -0.39 is 17.7 Å². The largest absolute Gasteiger partial charge is 0.449 e. The number of halogens is 2. The molecule has 0 saturated carbocycles. The van der Waals surface area contributed by atoms with Crippen LogP contribution < -0.4 is 15.2 Å². The number of carbonyl (C=O) groups is 1. The first kappa shape index (κ1) is 23.5. The summed E-state index contributed by atoms with van der Waals surface area (Å²) in [5.41, 5.74) is 9.01. The number of ether oxygens (including phenoxy) is 2. The summed E-state index contributed by atoms with van der Waals surface area (Å²) in [6.07, 6.45) is 0.861. The Morgan fingerprint density at radius 1 is 1.22 bits per heavy atom. The van der Waals surface area contributed by atoms with Crippen LogP contribution in [0.15, 0.2) is 70.5 Å². The predicted molar refractivity (Wildman–Crippen MR) is 132 cm³/mol. The summed E-state index contributed by atoms with van der Waals surface area (Å²) in [6.45, 7) is 3.85.